The number of methoxy groups -OCH3 is 1. The second-order valence-electron chi connectivity index (χ2n) is 10.9. The van der Waals surface area contributed by atoms with Gasteiger partial charge in [-0.15, -0.1) is 0 Å². The highest BCUT2D eigenvalue weighted by molar-refractivity contribution is 6.31. The van der Waals surface area contributed by atoms with Crippen LogP contribution in [0.2, 0.25) is 5.02 Å². The smallest absolute Gasteiger partial charge is 0.252 e. The van der Waals surface area contributed by atoms with Crippen molar-refractivity contribution < 1.29 is 23.9 Å². The number of halogens is 1. The molecule has 2 aromatic heterocycles. The zero-order valence-corrected chi connectivity index (χ0v) is 25.0. The number of amides is 1. The van der Waals surface area contributed by atoms with Crippen LogP contribution in [0.15, 0.2) is 59.5 Å². The minimum atomic E-state index is -0.952. The number of carbonyl (C=O) groups is 3. The number of aldehydes is 1. The van der Waals surface area contributed by atoms with Crippen molar-refractivity contribution in [1.82, 2.24) is 9.55 Å². The maximum Gasteiger partial charge on any atom is 0.252 e. The van der Waals surface area contributed by atoms with Gasteiger partial charge in [0.1, 0.15) is 11.8 Å². The predicted molar refractivity (Wildman–Crippen MR) is 164 cm³/mol. The molecule has 0 radical (unpaired) electrons. The van der Waals surface area contributed by atoms with Crippen LogP contribution in [0.4, 0.5) is 5.69 Å². The third-order valence-electron chi connectivity index (χ3n) is 6.76. The molecular formula is C32H34ClN3O6. The third-order valence-corrected chi connectivity index (χ3v) is 6.99. The first-order valence-electron chi connectivity index (χ1n) is 13.6. The summed E-state index contributed by atoms with van der Waals surface area (Å²) in [6.07, 6.45) is 2.67. The second kappa shape index (κ2) is 12.8. The summed E-state index contributed by atoms with van der Waals surface area (Å²) in [6, 6.07) is 12.2. The molecule has 1 unspecified atom stereocenters. The number of anilines is 1. The monoisotopic (exact) mass is 591 g/mol. The van der Waals surface area contributed by atoms with Gasteiger partial charge in [-0.1, -0.05) is 18.5 Å². The molecule has 0 aliphatic carbocycles. The van der Waals surface area contributed by atoms with Crippen molar-refractivity contribution in [3.63, 3.8) is 0 Å². The first-order chi connectivity index (χ1) is 19.9. The standard InChI is InChI=1S/C32H34ClN3O6/c1-6-28(38)23-9-7-20(33)15-24(23)25-16-30(39)36(17-29(25)41-5)27(11-12-42-32(2,3)4)31(40)35-21-8-10-26-19(13-21)14-22(18-37)34-26/h7-10,13-18,27,34H,6,11-12H2,1-5H3,(H,35,40). The van der Waals surface area contributed by atoms with Gasteiger partial charge in [0, 0.05) is 58.3 Å². The first kappa shape index (κ1) is 30.7. The van der Waals surface area contributed by atoms with Gasteiger partial charge in [-0.3, -0.25) is 23.7 Å². The van der Waals surface area contributed by atoms with E-state index >= 15 is 0 Å². The number of hydrogen-bond donors (Lipinski definition) is 2. The summed E-state index contributed by atoms with van der Waals surface area (Å²) in [6.45, 7) is 7.69. The Bertz CT molecular complexity index is 1700. The Balaban J connectivity index is 1.75. The van der Waals surface area contributed by atoms with Crippen LogP contribution in [0.25, 0.3) is 22.0 Å². The predicted octanol–water partition coefficient (Wildman–Crippen LogP) is 6.45. The second-order valence-corrected chi connectivity index (χ2v) is 11.3. The summed E-state index contributed by atoms with van der Waals surface area (Å²) in [5, 5.41) is 4.06. The molecule has 1 atom stereocenters. The lowest BCUT2D eigenvalue weighted by atomic mass is 9.96. The fraction of sp³-hybridized carbons (Fsp3) is 0.312. The molecular weight excluding hydrogens is 558 g/mol. The van der Waals surface area contributed by atoms with Crippen molar-refractivity contribution in [2.75, 3.05) is 19.0 Å². The molecule has 2 N–H and O–H groups in total. The van der Waals surface area contributed by atoms with Crippen LogP contribution in [0.3, 0.4) is 0 Å². The van der Waals surface area contributed by atoms with E-state index in [2.05, 4.69) is 10.3 Å². The van der Waals surface area contributed by atoms with E-state index in [4.69, 9.17) is 21.1 Å². The molecule has 0 aliphatic heterocycles. The van der Waals surface area contributed by atoms with Gasteiger partial charge >= 0.3 is 0 Å². The van der Waals surface area contributed by atoms with Crippen molar-refractivity contribution in [3.05, 3.63) is 81.4 Å². The average Bonchev–Trinajstić information content (AvgIpc) is 3.37. The number of ketones is 1. The summed E-state index contributed by atoms with van der Waals surface area (Å²) < 4.78 is 12.9. The quantitative estimate of drug-likeness (QED) is 0.153. The zero-order chi connectivity index (χ0) is 30.6. The van der Waals surface area contributed by atoms with Crippen LogP contribution in [-0.2, 0) is 9.53 Å². The van der Waals surface area contributed by atoms with Crippen LogP contribution in [0.1, 0.15) is 67.4 Å². The lowest BCUT2D eigenvalue weighted by Gasteiger charge is -2.24. The van der Waals surface area contributed by atoms with Gasteiger partial charge in [0.05, 0.1) is 24.6 Å². The van der Waals surface area contributed by atoms with E-state index in [1.54, 1.807) is 49.4 Å². The minimum absolute atomic E-state index is 0.107. The molecule has 1 amide bonds. The molecule has 0 spiro atoms. The number of nitrogens with one attached hydrogen (secondary N) is 2. The molecule has 4 aromatic rings. The SMILES string of the molecule is CCC(=O)c1ccc(Cl)cc1-c1cc(=O)n(C(CCOC(C)(C)C)C(=O)Nc2ccc3[nH]c(C=O)cc3c2)cc1OC. The average molecular weight is 592 g/mol. The van der Waals surface area contributed by atoms with Crippen LogP contribution in [0.5, 0.6) is 5.75 Å². The lowest BCUT2D eigenvalue weighted by molar-refractivity contribution is -0.120. The van der Waals surface area contributed by atoms with Crippen molar-refractivity contribution in [1.29, 1.82) is 0 Å². The van der Waals surface area contributed by atoms with E-state index in [0.717, 1.165) is 17.2 Å². The molecule has 0 aliphatic rings. The molecule has 9 nitrogen and oxygen atoms in total. The number of nitrogens with zero attached hydrogens (tertiary/aromatic N) is 1. The minimum Gasteiger partial charge on any atom is -0.495 e. The van der Waals surface area contributed by atoms with Crippen LogP contribution in [0, 0.1) is 0 Å². The van der Waals surface area contributed by atoms with Gasteiger partial charge < -0.3 is 19.8 Å². The van der Waals surface area contributed by atoms with E-state index in [0.29, 0.717) is 38.8 Å². The highest BCUT2D eigenvalue weighted by Crippen LogP contribution is 2.34. The fourth-order valence-electron chi connectivity index (χ4n) is 4.71. The number of ether oxygens (including phenoxy) is 2. The van der Waals surface area contributed by atoms with E-state index in [-0.39, 0.29) is 25.2 Å². The number of carbonyl (C=O) groups excluding carboxylic acids is 3. The van der Waals surface area contributed by atoms with E-state index in [9.17, 15) is 19.2 Å². The maximum atomic E-state index is 13.7. The number of rotatable bonds is 11. The number of benzene rings is 2. The van der Waals surface area contributed by atoms with Gasteiger partial charge in [-0.2, -0.15) is 0 Å². The number of H-pyrrole nitrogens is 1. The summed E-state index contributed by atoms with van der Waals surface area (Å²) >= 11 is 6.27. The van der Waals surface area contributed by atoms with Crippen LogP contribution in [-0.4, -0.2) is 46.8 Å². The molecule has 4 rings (SSSR count). The Morgan fingerprint density at radius 1 is 1.10 bits per heavy atom. The van der Waals surface area contributed by atoms with Crippen molar-refractivity contribution in [3.8, 4) is 16.9 Å². The highest BCUT2D eigenvalue weighted by atomic mass is 35.5. The molecule has 220 valence electrons. The highest BCUT2D eigenvalue weighted by Gasteiger charge is 2.26. The molecule has 2 aromatic carbocycles. The number of aromatic amines is 1. The van der Waals surface area contributed by atoms with Gasteiger partial charge in [-0.25, -0.2) is 0 Å². The Morgan fingerprint density at radius 3 is 2.52 bits per heavy atom. The molecule has 10 heteroatoms. The number of Topliss-reactive ketones (excluding diaryl/α,β-unsaturated/α-hetero) is 1. The molecule has 2 heterocycles. The van der Waals surface area contributed by atoms with Crippen molar-refractivity contribution >= 4 is 46.2 Å². The van der Waals surface area contributed by atoms with Gasteiger partial charge in [0.15, 0.2) is 12.1 Å². The Kier molecular flexibility index (Phi) is 9.33. The summed E-state index contributed by atoms with van der Waals surface area (Å²) in [5.74, 6) is -0.240. The number of aromatic nitrogens is 2. The van der Waals surface area contributed by atoms with Crippen molar-refractivity contribution in [2.45, 2.75) is 52.2 Å². The van der Waals surface area contributed by atoms with Gasteiger partial charge in [0.2, 0.25) is 5.91 Å². The normalized spacial score (nSPS) is 12.2. The number of hydrogen-bond acceptors (Lipinski definition) is 6. The zero-order valence-electron chi connectivity index (χ0n) is 24.2. The summed E-state index contributed by atoms with van der Waals surface area (Å²) in [7, 11) is 1.46. The molecule has 42 heavy (non-hydrogen) atoms. The van der Waals surface area contributed by atoms with Gasteiger partial charge in [0.25, 0.3) is 5.56 Å². The number of pyridine rings is 1. The van der Waals surface area contributed by atoms with E-state index in [1.807, 2.05) is 20.8 Å². The van der Waals surface area contributed by atoms with E-state index in [1.165, 1.54) is 23.9 Å². The Morgan fingerprint density at radius 2 is 1.86 bits per heavy atom. The number of fused-ring (bicyclic) bond motifs is 1. The lowest BCUT2D eigenvalue weighted by Crippen LogP contribution is -2.34. The Labute approximate surface area is 248 Å². The summed E-state index contributed by atoms with van der Waals surface area (Å²) in [4.78, 5) is 54.2. The third kappa shape index (κ3) is 6.98. The van der Waals surface area contributed by atoms with Gasteiger partial charge in [-0.05, 0) is 68.8 Å². The largest absolute Gasteiger partial charge is 0.495 e. The Hall–Kier alpha value is -4.21. The first-order valence-corrected chi connectivity index (χ1v) is 14.0. The topological polar surface area (TPSA) is 119 Å². The summed E-state index contributed by atoms with van der Waals surface area (Å²) in [5.41, 5.74) is 2.06. The molecule has 0 bridgehead atoms. The maximum absolute atomic E-state index is 13.7. The molecule has 0 saturated heterocycles. The molecule has 0 fully saturated rings. The molecule has 0 saturated carbocycles. The van der Waals surface area contributed by atoms with Crippen LogP contribution < -0.4 is 15.6 Å². The van der Waals surface area contributed by atoms with E-state index < -0.39 is 23.1 Å². The van der Waals surface area contributed by atoms with Crippen molar-refractivity contribution in [2.24, 2.45) is 0 Å². The van der Waals surface area contributed by atoms with Crippen LogP contribution >= 0.6 is 11.6 Å². The fourth-order valence-corrected chi connectivity index (χ4v) is 4.89.